The SMILES string of the molecule is c1ccc(-n2c3ccccc3c3c(-c4ccc(N(c5cccc([Si](c6ccccc6)(c6ccccc6)c6ccccc6)c5)c5ccc6c(c5)sc5ccc7ccccc7c56)cc4)cccc32)cc1. The molecule has 2 aromatic heterocycles. The van der Waals surface area contributed by atoms with E-state index in [4.69, 9.17) is 0 Å². The maximum absolute atomic E-state index is 2.82. The number of thiophene rings is 1. The van der Waals surface area contributed by atoms with Crippen molar-refractivity contribution in [3.8, 4) is 16.8 Å². The van der Waals surface area contributed by atoms with Crippen molar-refractivity contribution < 1.29 is 0 Å². The largest absolute Gasteiger partial charge is 0.310 e. The Labute approximate surface area is 400 Å². The van der Waals surface area contributed by atoms with Crippen LogP contribution in [0.4, 0.5) is 17.1 Å². The minimum Gasteiger partial charge on any atom is -0.310 e. The van der Waals surface area contributed by atoms with E-state index in [2.05, 4.69) is 276 Å². The van der Waals surface area contributed by atoms with Crippen LogP contribution in [-0.2, 0) is 0 Å². The summed E-state index contributed by atoms with van der Waals surface area (Å²) in [6.07, 6.45) is 0. The van der Waals surface area contributed by atoms with Gasteiger partial charge in [0.25, 0.3) is 0 Å². The average Bonchev–Trinajstić information content (AvgIpc) is 3.97. The van der Waals surface area contributed by atoms with Gasteiger partial charge in [-0.1, -0.05) is 200 Å². The van der Waals surface area contributed by atoms with E-state index in [1.54, 1.807) is 0 Å². The lowest BCUT2D eigenvalue weighted by molar-refractivity contribution is 1.18. The van der Waals surface area contributed by atoms with Crippen LogP contribution < -0.4 is 25.6 Å². The number of nitrogens with zero attached hydrogens (tertiary/aromatic N) is 2. The summed E-state index contributed by atoms with van der Waals surface area (Å²) in [4.78, 5) is 2.47. The van der Waals surface area contributed by atoms with Crippen LogP contribution in [0.15, 0.2) is 267 Å². The molecule has 13 rings (SSSR count). The van der Waals surface area contributed by atoms with E-state index in [1.165, 1.54) is 84.6 Å². The Balaban J connectivity index is 1.02. The number of benzene rings is 11. The summed E-state index contributed by atoms with van der Waals surface area (Å²) in [5.74, 6) is 0. The van der Waals surface area contributed by atoms with Gasteiger partial charge in [-0.2, -0.15) is 0 Å². The van der Waals surface area contributed by atoms with Crippen LogP contribution in [-0.4, -0.2) is 12.6 Å². The fourth-order valence-corrected chi connectivity index (χ4v) is 16.9. The lowest BCUT2D eigenvalue weighted by Gasteiger charge is -2.35. The van der Waals surface area contributed by atoms with Crippen LogP contribution in [0.3, 0.4) is 0 Å². The van der Waals surface area contributed by atoms with Gasteiger partial charge in [-0.3, -0.25) is 0 Å². The summed E-state index contributed by atoms with van der Waals surface area (Å²) in [6, 6.07) is 99.0. The van der Waals surface area contributed by atoms with Crippen molar-refractivity contribution in [2.75, 3.05) is 4.90 Å². The first-order valence-corrected chi connectivity index (χ1v) is 26.1. The molecule has 0 atom stereocenters. The lowest BCUT2D eigenvalue weighted by atomic mass is 9.99. The Morgan fingerprint density at radius 2 is 0.897 bits per heavy atom. The third kappa shape index (κ3) is 6.45. The summed E-state index contributed by atoms with van der Waals surface area (Å²) in [7, 11) is -2.82. The van der Waals surface area contributed by atoms with Crippen molar-refractivity contribution in [3.63, 3.8) is 0 Å². The molecule has 0 aliphatic rings. The van der Waals surface area contributed by atoms with E-state index in [9.17, 15) is 0 Å². The van der Waals surface area contributed by atoms with Gasteiger partial charge in [-0.05, 0) is 109 Å². The van der Waals surface area contributed by atoms with Crippen LogP contribution in [0.2, 0.25) is 0 Å². The zero-order chi connectivity index (χ0) is 45.0. The summed E-state index contributed by atoms with van der Waals surface area (Å²) in [5.41, 5.74) is 9.30. The molecule has 0 saturated carbocycles. The molecule has 0 bridgehead atoms. The fourth-order valence-electron chi connectivity index (χ4n) is 11.0. The molecular weight excluding hydrogens is 857 g/mol. The molecule has 0 aliphatic carbocycles. The van der Waals surface area contributed by atoms with Gasteiger partial charge in [0.15, 0.2) is 8.07 Å². The monoisotopic (exact) mass is 900 g/mol. The second-order valence-electron chi connectivity index (χ2n) is 17.6. The van der Waals surface area contributed by atoms with Gasteiger partial charge < -0.3 is 9.47 Å². The summed E-state index contributed by atoms with van der Waals surface area (Å²) in [5, 5.41) is 13.1. The number of rotatable bonds is 9. The number of anilines is 3. The molecule has 2 heterocycles. The predicted octanol–water partition coefficient (Wildman–Crippen LogP) is 14.8. The number of para-hydroxylation sites is 2. The smallest absolute Gasteiger partial charge is 0.179 e. The number of hydrogen-bond acceptors (Lipinski definition) is 2. The predicted molar refractivity (Wildman–Crippen MR) is 295 cm³/mol. The summed E-state index contributed by atoms with van der Waals surface area (Å²) >= 11 is 1.88. The molecule has 0 N–H and O–H groups in total. The van der Waals surface area contributed by atoms with E-state index >= 15 is 0 Å². The van der Waals surface area contributed by atoms with Gasteiger partial charge in [-0.15, -0.1) is 11.3 Å². The first-order chi connectivity index (χ1) is 33.7. The molecule has 0 radical (unpaired) electrons. The standard InChI is InChI=1S/C64H44N2SSi/c1-5-20-47(21-6-1)66-59-33-16-15-31-57(59)63-55(32-18-34-60(63)66)46-35-38-48(39-36-46)65(50-40-41-58-62(44-50)67-61-42-37-45-19-13-14-30-56(45)64(58)61)49-22-17-29-54(43-49)68(51-23-7-2-8-24-51,52-25-9-3-10-26-52)53-27-11-4-12-28-53/h1-44H. The van der Waals surface area contributed by atoms with E-state index < -0.39 is 8.07 Å². The molecule has 2 nitrogen and oxygen atoms in total. The van der Waals surface area contributed by atoms with E-state index in [-0.39, 0.29) is 0 Å². The molecule has 0 unspecified atom stereocenters. The van der Waals surface area contributed by atoms with Gasteiger partial charge in [0, 0.05) is 53.7 Å². The molecule has 68 heavy (non-hydrogen) atoms. The lowest BCUT2D eigenvalue weighted by Crippen LogP contribution is -2.74. The third-order valence-corrected chi connectivity index (χ3v) is 19.8. The van der Waals surface area contributed by atoms with Crippen molar-refractivity contribution in [2.45, 2.75) is 0 Å². The normalized spacial score (nSPS) is 11.8. The highest BCUT2D eigenvalue weighted by Gasteiger charge is 2.41. The van der Waals surface area contributed by atoms with Gasteiger partial charge in [0.05, 0.1) is 11.0 Å². The number of hydrogen-bond donors (Lipinski definition) is 0. The summed E-state index contributed by atoms with van der Waals surface area (Å²) in [6.45, 7) is 0. The second kappa shape index (κ2) is 16.5. The molecule has 13 aromatic rings. The minimum absolute atomic E-state index is 1.10. The number of fused-ring (bicyclic) bond motifs is 8. The Hall–Kier alpha value is -8.28. The van der Waals surface area contributed by atoms with Crippen molar-refractivity contribution in [3.05, 3.63) is 267 Å². The van der Waals surface area contributed by atoms with Crippen LogP contribution in [0.1, 0.15) is 0 Å². The molecule has 0 fully saturated rings. The van der Waals surface area contributed by atoms with Crippen LogP contribution in [0, 0.1) is 0 Å². The first kappa shape index (κ1) is 40.0. The second-order valence-corrected chi connectivity index (χ2v) is 22.5. The molecule has 320 valence electrons. The molecule has 0 spiro atoms. The van der Waals surface area contributed by atoms with Gasteiger partial charge >= 0.3 is 0 Å². The Bertz CT molecular complexity index is 3860. The van der Waals surface area contributed by atoms with Crippen LogP contribution in [0.5, 0.6) is 0 Å². The summed E-state index contributed by atoms with van der Waals surface area (Å²) < 4.78 is 4.98. The molecule has 0 aliphatic heterocycles. The van der Waals surface area contributed by atoms with E-state index in [0.717, 1.165) is 22.7 Å². The minimum atomic E-state index is -2.82. The molecule has 0 amide bonds. The van der Waals surface area contributed by atoms with E-state index in [1.807, 2.05) is 11.3 Å². The Morgan fingerprint density at radius 1 is 0.338 bits per heavy atom. The Morgan fingerprint density at radius 3 is 1.60 bits per heavy atom. The Kier molecular flexibility index (Phi) is 9.74. The average molecular weight is 901 g/mol. The zero-order valence-electron chi connectivity index (χ0n) is 37.2. The highest BCUT2D eigenvalue weighted by Crippen LogP contribution is 2.44. The third-order valence-electron chi connectivity index (χ3n) is 13.9. The fraction of sp³-hybridized carbons (Fsp3) is 0. The quantitative estimate of drug-likeness (QED) is 0.104. The molecule has 4 heteroatoms. The van der Waals surface area contributed by atoms with Crippen molar-refractivity contribution in [1.82, 2.24) is 4.57 Å². The van der Waals surface area contributed by atoms with Crippen molar-refractivity contribution in [1.29, 1.82) is 0 Å². The number of aromatic nitrogens is 1. The highest BCUT2D eigenvalue weighted by atomic mass is 32.1. The van der Waals surface area contributed by atoms with Gasteiger partial charge in [0.2, 0.25) is 0 Å². The van der Waals surface area contributed by atoms with Crippen molar-refractivity contribution in [2.24, 2.45) is 0 Å². The maximum atomic E-state index is 2.48. The van der Waals surface area contributed by atoms with Crippen molar-refractivity contribution >= 4 is 110 Å². The maximum Gasteiger partial charge on any atom is 0.179 e. The molecular formula is C64H44N2SSi. The van der Waals surface area contributed by atoms with Crippen LogP contribution in [0.25, 0.3) is 69.6 Å². The molecule has 0 saturated heterocycles. The molecule has 11 aromatic carbocycles. The highest BCUT2D eigenvalue weighted by molar-refractivity contribution is 7.26. The van der Waals surface area contributed by atoms with Gasteiger partial charge in [-0.25, -0.2) is 0 Å². The zero-order valence-corrected chi connectivity index (χ0v) is 39.0. The van der Waals surface area contributed by atoms with Gasteiger partial charge in [0.1, 0.15) is 0 Å². The topological polar surface area (TPSA) is 8.17 Å². The first-order valence-electron chi connectivity index (χ1n) is 23.3. The van der Waals surface area contributed by atoms with E-state index in [0.29, 0.717) is 0 Å². The van der Waals surface area contributed by atoms with Crippen LogP contribution >= 0.6 is 11.3 Å².